The second-order valence-corrected chi connectivity index (χ2v) is 9.16. The van der Waals surface area contributed by atoms with Gasteiger partial charge in [-0.15, -0.1) is 13.2 Å². The number of nitrogens with zero attached hydrogens (tertiary/aromatic N) is 1. The summed E-state index contributed by atoms with van der Waals surface area (Å²) < 4.78 is 5.44. The van der Waals surface area contributed by atoms with Crippen molar-refractivity contribution in [2.75, 3.05) is 19.8 Å². The minimum atomic E-state index is -0.547. The molecule has 2 fully saturated rings. The molecule has 32 heavy (non-hydrogen) atoms. The highest BCUT2D eigenvalue weighted by molar-refractivity contribution is 5.86. The third-order valence-electron chi connectivity index (χ3n) is 6.64. The molecule has 2 aliphatic rings. The van der Waals surface area contributed by atoms with Crippen molar-refractivity contribution in [3.8, 4) is 0 Å². The zero-order valence-corrected chi connectivity index (χ0v) is 19.4. The van der Waals surface area contributed by atoms with Gasteiger partial charge < -0.3 is 20.1 Å². The van der Waals surface area contributed by atoms with Crippen molar-refractivity contribution in [3.05, 3.63) is 25.3 Å². The Kier molecular flexibility index (Phi) is 10.9. The molecule has 1 saturated carbocycles. The van der Waals surface area contributed by atoms with E-state index in [1.54, 1.807) is 11.0 Å². The van der Waals surface area contributed by atoms with Gasteiger partial charge in [0.1, 0.15) is 6.61 Å². The van der Waals surface area contributed by atoms with Crippen molar-refractivity contribution in [1.29, 1.82) is 0 Å². The summed E-state index contributed by atoms with van der Waals surface area (Å²) in [6, 6.07) is -0.145. The largest absolute Gasteiger partial charge is 0.463 e. The van der Waals surface area contributed by atoms with Gasteiger partial charge in [0.2, 0.25) is 11.8 Å². The van der Waals surface area contributed by atoms with Crippen LogP contribution in [0.15, 0.2) is 25.3 Å². The molecule has 1 aliphatic carbocycles. The molecule has 1 aliphatic heterocycles. The van der Waals surface area contributed by atoms with Gasteiger partial charge >= 0.3 is 5.97 Å². The third-order valence-corrected chi connectivity index (χ3v) is 6.64. The van der Waals surface area contributed by atoms with Crippen LogP contribution in [0.4, 0.5) is 0 Å². The van der Waals surface area contributed by atoms with Crippen LogP contribution in [-0.4, -0.2) is 59.1 Å². The molecule has 180 valence electrons. The van der Waals surface area contributed by atoms with E-state index >= 15 is 0 Å². The fourth-order valence-corrected chi connectivity index (χ4v) is 4.77. The van der Waals surface area contributed by atoms with E-state index in [9.17, 15) is 19.5 Å². The van der Waals surface area contributed by atoms with Gasteiger partial charge in [0, 0.05) is 19.4 Å². The summed E-state index contributed by atoms with van der Waals surface area (Å²) in [6.07, 6.45) is 12.1. The van der Waals surface area contributed by atoms with Gasteiger partial charge in [-0.1, -0.05) is 25.0 Å². The Morgan fingerprint density at radius 1 is 1.16 bits per heavy atom. The summed E-state index contributed by atoms with van der Waals surface area (Å²) in [5.74, 6) is -1.03. The van der Waals surface area contributed by atoms with Crippen molar-refractivity contribution in [2.45, 2.75) is 88.6 Å². The third kappa shape index (κ3) is 7.76. The molecule has 0 aromatic rings. The lowest BCUT2D eigenvalue weighted by Crippen LogP contribution is -2.50. The number of unbranched alkanes of at least 4 members (excludes halogenated alkanes) is 2. The van der Waals surface area contributed by atoms with Crippen LogP contribution in [0.1, 0.15) is 77.0 Å². The van der Waals surface area contributed by atoms with Crippen molar-refractivity contribution >= 4 is 17.8 Å². The van der Waals surface area contributed by atoms with Crippen LogP contribution in [0, 0.1) is 5.92 Å². The number of allylic oxidation sites excluding steroid dienone is 2. The topological polar surface area (TPSA) is 95.9 Å². The predicted molar refractivity (Wildman–Crippen MR) is 124 cm³/mol. The maximum atomic E-state index is 13.3. The van der Waals surface area contributed by atoms with Gasteiger partial charge in [0.15, 0.2) is 0 Å². The van der Waals surface area contributed by atoms with E-state index in [0.717, 1.165) is 57.8 Å². The number of aliphatic hydroxyl groups excluding tert-OH is 1. The van der Waals surface area contributed by atoms with E-state index in [1.165, 1.54) is 0 Å². The molecule has 7 nitrogen and oxygen atoms in total. The number of aliphatic hydroxyl groups is 1. The molecule has 0 aromatic carbocycles. The van der Waals surface area contributed by atoms with E-state index < -0.39 is 11.5 Å². The highest BCUT2D eigenvalue weighted by Crippen LogP contribution is 2.30. The van der Waals surface area contributed by atoms with E-state index in [0.29, 0.717) is 19.4 Å². The first-order valence-electron chi connectivity index (χ1n) is 12.0. The van der Waals surface area contributed by atoms with Crippen LogP contribution >= 0.6 is 0 Å². The minimum Gasteiger partial charge on any atom is -0.463 e. The Morgan fingerprint density at radius 2 is 1.91 bits per heavy atom. The second kappa shape index (κ2) is 13.4. The summed E-state index contributed by atoms with van der Waals surface area (Å²) >= 11 is 0. The van der Waals surface area contributed by atoms with Gasteiger partial charge in [0.05, 0.1) is 24.1 Å². The van der Waals surface area contributed by atoms with Crippen LogP contribution in [0.3, 0.4) is 0 Å². The molecule has 7 heteroatoms. The number of esters is 1. The van der Waals surface area contributed by atoms with Gasteiger partial charge in [0.25, 0.3) is 0 Å². The molecule has 0 unspecified atom stereocenters. The number of carbonyl (C=O) groups excluding carboxylic acids is 3. The lowest BCUT2D eigenvalue weighted by Gasteiger charge is -2.31. The average molecular weight is 449 g/mol. The van der Waals surface area contributed by atoms with Gasteiger partial charge in [-0.2, -0.15) is 0 Å². The Balaban J connectivity index is 1.88. The second-order valence-electron chi connectivity index (χ2n) is 9.16. The van der Waals surface area contributed by atoms with E-state index in [-0.39, 0.29) is 43.5 Å². The number of hydrogen-bond acceptors (Lipinski definition) is 5. The number of nitrogens with one attached hydrogen (secondary N) is 1. The molecule has 0 bridgehead atoms. The van der Waals surface area contributed by atoms with Crippen molar-refractivity contribution in [1.82, 2.24) is 10.2 Å². The Morgan fingerprint density at radius 3 is 2.56 bits per heavy atom. The molecule has 0 aromatic heterocycles. The molecule has 2 N–H and O–H groups in total. The Bertz CT molecular complexity index is 657. The maximum absolute atomic E-state index is 13.3. The monoisotopic (exact) mass is 448 g/mol. The Labute approximate surface area is 192 Å². The molecule has 1 heterocycles. The van der Waals surface area contributed by atoms with Gasteiger partial charge in [-0.05, 0) is 51.4 Å². The molecule has 2 atom stereocenters. The predicted octanol–water partition coefficient (Wildman–Crippen LogP) is 3.27. The minimum absolute atomic E-state index is 0.0684. The summed E-state index contributed by atoms with van der Waals surface area (Å²) in [6.45, 7) is 8.16. The SMILES string of the molecule is C=CCCCCC(=O)OC[C@@H]1CCCN1C(=O)[C@H](CC=C)CC(=O)NC1(CO)CCCC1. The molecule has 0 spiro atoms. The van der Waals surface area contributed by atoms with Crippen LogP contribution in [-0.2, 0) is 19.1 Å². The number of ether oxygens (including phenoxy) is 1. The molecule has 2 rings (SSSR count). The van der Waals surface area contributed by atoms with E-state index in [2.05, 4.69) is 18.5 Å². The van der Waals surface area contributed by atoms with Crippen LogP contribution < -0.4 is 5.32 Å². The van der Waals surface area contributed by atoms with Gasteiger partial charge in [-0.25, -0.2) is 0 Å². The van der Waals surface area contributed by atoms with Crippen molar-refractivity contribution in [2.24, 2.45) is 5.92 Å². The molecule has 0 radical (unpaired) electrons. The number of amides is 2. The first kappa shape index (κ1) is 26.1. The smallest absolute Gasteiger partial charge is 0.305 e. The molecular weight excluding hydrogens is 408 g/mol. The zero-order valence-electron chi connectivity index (χ0n) is 19.4. The number of carbonyl (C=O) groups is 3. The summed E-state index contributed by atoms with van der Waals surface area (Å²) in [5.41, 5.74) is -0.547. The molecule has 1 saturated heterocycles. The number of hydrogen-bond donors (Lipinski definition) is 2. The van der Waals surface area contributed by atoms with Crippen molar-refractivity contribution in [3.63, 3.8) is 0 Å². The quantitative estimate of drug-likeness (QED) is 0.242. The fourth-order valence-electron chi connectivity index (χ4n) is 4.77. The van der Waals surface area contributed by atoms with E-state index in [4.69, 9.17) is 4.74 Å². The maximum Gasteiger partial charge on any atom is 0.305 e. The Hall–Kier alpha value is -2.15. The standard InChI is InChI=1S/C25H40N2O5/c1-3-5-6-7-13-23(30)32-18-21-12-10-16-27(21)24(31)20(11-4-2)17-22(29)26-25(19-28)14-8-9-15-25/h3-4,20-21,28H,1-2,5-19H2,(H,26,29)/t20-,21+/m1/s1. The average Bonchev–Trinajstić information content (AvgIpc) is 3.44. The summed E-state index contributed by atoms with van der Waals surface area (Å²) in [5, 5.41) is 12.7. The lowest BCUT2D eigenvalue weighted by molar-refractivity contribution is -0.148. The van der Waals surface area contributed by atoms with Crippen LogP contribution in [0.25, 0.3) is 0 Å². The first-order valence-corrected chi connectivity index (χ1v) is 12.0. The highest BCUT2D eigenvalue weighted by atomic mass is 16.5. The van der Waals surface area contributed by atoms with Gasteiger partial charge in [-0.3, -0.25) is 14.4 Å². The molecule has 2 amide bonds. The van der Waals surface area contributed by atoms with Crippen LogP contribution in [0.5, 0.6) is 0 Å². The first-order chi connectivity index (χ1) is 15.4. The number of likely N-dealkylation sites (tertiary alicyclic amines) is 1. The van der Waals surface area contributed by atoms with Crippen molar-refractivity contribution < 1.29 is 24.2 Å². The summed E-state index contributed by atoms with van der Waals surface area (Å²) in [4.78, 5) is 39.7. The zero-order chi connectivity index (χ0) is 23.4. The summed E-state index contributed by atoms with van der Waals surface area (Å²) in [7, 11) is 0. The fraction of sp³-hybridized carbons (Fsp3) is 0.720. The normalized spacial score (nSPS) is 20.5. The highest BCUT2D eigenvalue weighted by Gasteiger charge is 2.37. The van der Waals surface area contributed by atoms with E-state index in [1.807, 2.05) is 6.08 Å². The van der Waals surface area contributed by atoms with Crippen LogP contribution in [0.2, 0.25) is 0 Å². The lowest BCUT2D eigenvalue weighted by atomic mass is 9.95. The number of rotatable bonds is 14. The molecular formula is C25H40N2O5.